The van der Waals surface area contributed by atoms with Crippen LogP contribution in [0.15, 0.2) is 22.6 Å². The first-order chi connectivity index (χ1) is 8.17. The number of para-hydroxylation sites is 1. The van der Waals surface area contributed by atoms with Gasteiger partial charge in [-0.05, 0) is 26.0 Å². The molecule has 0 spiro atoms. The van der Waals surface area contributed by atoms with Gasteiger partial charge in [-0.1, -0.05) is 18.2 Å². The second-order valence-corrected chi connectivity index (χ2v) is 3.82. The monoisotopic (exact) mass is 229 g/mol. The average Bonchev–Trinajstić information content (AvgIpc) is 2.67. The van der Waals surface area contributed by atoms with E-state index in [9.17, 15) is 4.79 Å². The van der Waals surface area contributed by atoms with Crippen molar-refractivity contribution in [2.45, 2.75) is 20.8 Å². The lowest BCUT2D eigenvalue weighted by Crippen LogP contribution is -2.18. The Morgan fingerprint density at radius 2 is 2.06 bits per heavy atom. The van der Waals surface area contributed by atoms with Crippen LogP contribution in [-0.2, 0) is 4.79 Å². The van der Waals surface area contributed by atoms with E-state index in [1.165, 1.54) is 6.92 Å². The fraction of sp³-hybridized carbons (Fsp3) is 0.214. The van der Waals surface area contributed by atoms with Gasteiger partial charge in [0.15, 0.2) is 5.58 Å². The van der Waals surface area contributed by atoms with E-state index in [0.717, 1.165) is 21.6 Å². The van der Waals surface area contributed by atoms with Crippen LogP contribution in [0.5, 0.6) is 0 Å². The summed E-state index contributed by atoms with van der Waals surface area (Å²) in [5.41, 5.74) is 2.27. The van der Waals surface area contributed by atoms with Gasteiger partial charge >= 0.3 is 0 Å². The number of anilines is 1. The van der Waals surface area contributed by atoms with Crippen molar-refractivity contribution < 1.29 is 9.21 Å². The summed E-state index contributed by atoms with van der Waals surface area (Å²) in [5.74, 6) is -0.0991. The van der Waals surface area contributed by atoms with E-state index in [1.54, 1.807) is 0 Å². The second-order valence-electron chi connectivity index (χ2n) is 3.82. The lowest BCUT2D eigenvalue weighted by Gasteiger charge is -2.01. The van der Waals surface area contributed by atoms with Gasteiger partial charge in [0.2, 0.25) is 5.91 Å². The summed E-state index contributed by atoms with van der Waals surface area (Å²) in [6.45, 7) is 5.40. The first-order valence-electron chi connectivity index (χ1n) is 5.59. The summed E-state index contributed by atoms with van der Waals surface area (Å²) in [7, 11) is 0. The topological polar surface area (TPSA) is 42.2 Å². The molecule has 1 aromatic carbocycles. The number of nitrogens with one attached hydrogen (secondary N) is 1. The second kappa shape index (κ2) is 4.45. The van der Waals surface area contributed by atoms with Crippen LogP contribution in [0.3, 0.4) is 0 Å². The molecule has 1 heterocycles. The summed E-state index contributed by atoms with van der Waals surface area (Å²) in [5, 5.41) is 4.86. The number of rotatable bonds is 1. The van der Waals surface area contributed by atoms with E-state index >= 15 is 0 Å². The lowest BCUT2D eigenvalue weighted by atomic mass is 10.2. The van der Waals surface area contributed by atoms with Gasteiger partial charge in [-0.25, -0.2) is 0 Å². The third kappa shape index (κ3) is 1.96. The molecule has 0 aliphatic carbocycles. The van der Waals surface area contributed by atoms with Crippen molar-refractivity contribution in [1.29, 1.82) is 0 Å². The Morgan fingerprint density at radius 1 is 1.29 bits per heavy atom. The molecule has 3 nitrogen and oxygen atoms in total. The zero-order chi connectivity index (χ0) is 12.4. The molecule has 0 fully saturated rings. The number of hydrogen-bond acceptors (Lipinski definition) is 2. The molecule has 1 aromatic heterocycles. The molecule has 1 N–H and O–H groups in total. The third-order valence-electron chi connectivity index (χ3n) is 2.64. The van der Waals surface area contributed by atoms with Gasteiger partial charge < -0.3 is 9.73 Å². The predicted octanol–water partition coefficient (Wildman–Crippen LogP) is 1.99. The molecule has 0 radical (unpaired) electrons. The average molecular weight is 229 g/mol. The molecule has 1 amide bonds. The van der Waals surface area contributed by atoms with Crippen molar-refractivity contribution in [2.75, 3.05) is 5.32 Å². The number of benzene rings is 1. The Bertz CT molecular complexity index is 680. The maximum atomic E-state index is 11.1. The van der Waals surface area contributed by atoms with E-state index in [-0.39, 0.29) is 5.91 Å². The van der Waals surface area contributed by atoms with Crippen molar-refractivity contribution in [3.63, 3.8) is 0 Å². The number of carbonyl (C=O) groups excluding carboxylic acids is 1. The highest BCUT2D eigenvalue weighted by Crippen LogP contribution is 2.19. The molecule has 0 aliphatic heterocycles. The van der Waals surface area contributed by atoms with Crippen molar-refractivity contribution >= 4 is 34.7 Å². The molecular weight excluding hydrogens is 214 g/mol. The van der Waals surface area contributed by atoms with Crippen LogP contribution >= 0.6 is 0 Å². The van der Waals surface area contributed by atoms with Crippen LogP contribution in [0.4, 0.5) is 5.69 Å². The van der Waals surface area contributed by atoms with E-state index in [2.05, 4.69) is 5.32 Å². The largest absolute Gasteiger partial charge is 0.454 e. The fourth-order valence-electron chi connectivity index (χ4n) is 1.96. The van der Waals surface area contributed by atoms with Gasteiger partial charge in [0.05, 0.1) is 5.69 Å². The molecule has 0 bridgehead atoms. The minimum absolute atomic E-state index is 0.0991. The molecule has 2 aromatic rings. The summed E-state index contributed by atoms with van der Waals surface area (Å²) >= 11 is 0. The highest BCUT2D eigenvalue weighted by Gasteiger charge is 2.07. The number of furan rings is 1. The molecule has 2 rings (SSSR count). The van der Waals surface area contributed by atoms with Crippen molar-refractivity contribution in [2.24, 2.45) is 0 Å². The molecule has 3 heteroatoms. The van der Waals surface area contributed by atoms with E-state index in [0.29, 0.717) is 5.69 Å². The number of fused-ring (bicyclic) bond motifs is 1. The first-order valence-corrected chi connectivity index (χ1v) is 5.59. The Kier molecular flexibility index (Phi) is 3.00. The zero-order valence-corrected chi connectivity index (χ0v) is 10.2. The molecule has 0 unspecified atom stereocenters. The molecule has 17 heavy (non-hydrogen) atoms. The Balaban J connectivity index is 2.84. The van der Waals surface area contributed by atoms with Gasteiger partial charge in [0.25, 0.3) is 0 Å². The number of hydrogen-bond donors (Lipinski definition) is 1. The highest BCUT2D eigenvalue weighted by molar-refractivity contribution is 5.98. The first kappa shape index (κ1) is 11.5. The van der Waals surface area contributed by atoms with E-state index < -0.39 is 0 Å². The molecule has 0 aliphatic rings. The normalized spacial score (nSPS) is 13.4. The summed E-state index contributed by atoms with van der Waals surface area (Å²) < 4.78 is 5.77. The Hall–Kier alpha value is -2.03. The smallest absolute Gasteiger partial charge is 0.221 e. The van der Waals surface area contributed by atoms with Gasteiger partial charge in [-0.15, -0.1) is 0 Å². The molecular formula is C14H15NO2. The molecule has 88 valence electrons. The minimum Gasteiger partial charge on any atom is -0.454 e. The van der Waals surface area contributed by atoms with Crippen LogP contribution < -0.4 is 16.0 Å². The van der Waals surface area contributed by atoms with Gasteiger partial charge in [-0.2, -0.15) is 0 Å². The van der Waals surface area contributed by atoms with Gasteiger partial charge in [0.1, 0.15) is 5.42 Å². The summed E-state index contributed by atoms with van der Waals surface area (Å²) in [6, 6.07) is 5.74. The maximum absolute atomic E-state index is 11.1. The van der Waals surface area contributed by atoms with Gasteiger partial charge in [0, 0.05) is 17.5 Å². The van der Waals surface area contributed by atoms with Crippen LogP contribution in [0.2, 0.25) is 0 Å². The van der Waals surface area contributed by atoms with Crippen molar-refractivity contribution in [3.8, 4) is 0 Å². The van der Waals surface area contributed by atoms with Crippen LogP contribution in [0, 0.1) is 0 Å². The Morgan fingerprint density at radius 3 is 2.65 bits per heavy atom. The highest BCUT2D eigenvalue weighted by atomic mass is 16.3. The minimum atomic E-state index is -0.0991. The molecule has 0 atom stereocenters. The zero-order valence-electron chi connectivity index (χ0n) is 10.2. The van der Waals surface area contributed by atoms with E-state index in [4.69, 9.17) is 4.42 Å². The molecule has 0 saturated carbocycles. The fourth-order valence-corrected chi connectivity index (χ4v) is 1.96. The quantitative estimate of drug-likeness (QED) is 0.812. The Labute approximate surface area is 99.4 Å². The third-order valence-corrected chi connectivity index (χ3v) is 2.64. The van der Waals surface area contributed by atoms with Crippen LogP contribution in [0.25, 0.3) is 23.1 Å². The van der Waals surface area contributed by atoms with Crippen LogP contribution in [0.1, 0.15) is 20.8 Å². The van der Waals surface area contributed by atoms with Crippen molar-refractivity contribution in [3.05, 3.63) is 28.8 Å². The predicted molar refractivity (Wildman–Crippen MR) is 70.0 cm³/mol. The summed E-state index contributed by atoms with van der Waals surface area (Å²) in [6.07, 6.45) is 3.94. The maximum Gasteiger partial charge on any atom is 0.221 e. The number of amides is 1. The van der Waals surface area contributed by atoms with Crippen LogP contribution in [-0.4, -0.2) is 5.91 Å². The SMILES string of the molecule is CC=c1oc2c(NC(C)=O)cccc2c1=CC. The van der Waals surface area contributed by atoms with Gasteiger partial charge in [-0.3, -0.25) is 4.79 Å². The lowest BCUT2D eigenvalue weighted by molar-refractivity contribution is -0.114. The van der Waals surface area contributed by atoms with Crippen molar-refractivity contribution in [1.82, 2.24) is 0 Å². The van der Waals surface area contributed by atoms with E-state index in [1.807, 2.05) is 44.2 Å². The number of carbonyl (C=O) groups is 1. The molecule has 0 saturated heterocycles. The standard InChI is InChI=1S/C14H15NO2/c1-4-10-11-7-6-8-12(15-9(3)16)14(11)17-13(10)5-2/h4-8H,1-3H3,(H,15,16). The summed E-state index contributed by atoms with van der Waals surface area (Å²) in [4.78, 5) is 11.1.